The molecule has 0 saturated heterocycles. The van der Waals surface area contributed by atoms with Gasteiger partial charge in [-0.25, -0.2) is 0 Å². The molecule has 0 saturated carbocycles. The van der Waals surface area contributed by atoms with Crippen molar-refractivity contribution in [2.75, 3.05) is 26.9 Å². The van der Waals surface area contributed by atoms with Gasteiger partial charge in [0, 0.05) is 19.3 Å². The molecule has 11 nitrogen and oxygen atoms in total. The summed E-state index contributed by atoms with van der Waals surface area (Å²) in [7, 11) is 1.31. The monoisotopic (exact) mass is 714 g/mol. The first-order valence-electron chi connectivity index (χ1n) is 17.4. The van der Waals surface area contributed by atoms with Gasteiger partial charge in [0.15, 0.2) is 17.3 Å². The van der Waals surface area contributed by atoms with Gasteiger partial charge in [-0.3, -0.25) is 28.8 Å². The SMILES string of the molecule is C=CC(=O)C(C)(C)OCCC(C)(C)OC(=O)CCCC(=O)OC.C=CC(=O)C(C)(CC)OCC(C)(C)C.CC.CCC(C)C(=O)OCC(C)=O. The first-order valence-corrected chi connectivity index (χ1v) is 17.4. The summed E-state index contributed by atoms with van der Waals surface area (Å²) in [4.78, 5) is 67.2. The van der Waals surface area contributed by atoms with Crippen LogP contribution < -0.4 is 0 Å². The number of ether oxygens (including phenoxy) is 5. The summed E-state index contributed by atoms with van der Waals surface area (Å²) in [5.74, 6) is -1.47. The van der Waals surface area contributed by atoms with Crippen LogP contribution in [0.4, 0.5) is 0 Å². The highest BCUT2D eigenvalue weighted by Gasteiger charge is 2.31. The van der Waals surface area contributed by atoms with E-state index in [1.54, 1.807) is 34.6 Å². The Kier molecular flexibility index (Phi) is 29.5. The number of Topliss-reactive ketones (excluding diaryl/α,β-unsaturated/α-hetero) is 1. The standard InChI is InChI=1S/C17H28O6.C12H22O2.C8H14O3.C2H6/c1-7-13(18)17(4,5)22-12-11-16(2,3)23-15(20)10-8-9-14(19)21-6;1-7-10(13)12(6,8-2)14-9-11(3,4)5;1-4-6(2)8(10)11-5-7(3)9;1-2/h7H,1,8-12H2,2-6H3;7H,1,8-9H2,2-6H3;6H,4-5H2,1-3H3;1-2H3. The number of hydrogen-bond acceptors (Lipinski definition) is 11. The van der Waals surface area contributed by atoms with Crippen LogP contribution in [0.5, 0.6) is 0 Å². The van der Waals surface area contributed by atoms with Gasteiger partial charge >= 0.3 is 17.9 Å². The van der Waals surface area contributed by atoms with Gasteiger partial charge in [-0.1, -0.05) is 68.5 Å². The van der Waals surface area contributed by atoms with Crippen molar-refractivity contribution in [3.63, 3.8) is 0 Å². The zero-order chi connectivity index (χ0) is 40.4. The Morgan fingerprint density at radius 3 is 1.68 bits per heavy atom. The van der Waals surface area contributed by atoms with E-state index in [1.165, 1.54) is 26.2 Å². The number of esters is 3. The summed E-state index contributed by atoms with van der Waals surface area (Å²) in [6, 6.07) is 0. The van der Waals surface area contributed by atoms with Crippen LogP contribution in [-0.2, 0) is 52.5 Å². The Bertz CT molecular complexity index is 1050. The maximum atomic E-state index is 11.8. The average Bonchev–Trinajstić information content (AvgIpc) is 3.05. The van der Waals surface area contributed by atoms with E-state index in [2.05, 4.69) is 43.4 Å². The molecule has 0 spiro atoms. The molecule has 0 aliphatic rings. The summed E-state index contributed by atoms with van der Waals surface area (Å²) < 4.78 is 25.8. The van der Waals surface area contributed by atoms with E-state index in [-0.39, 0.29) is 72.6 Å². The largest absolute Gasteiger partial charge is 0.469 e. The lowest BCUT2D eigenvalue weighted by Gasteiger charge is -2.30. The molecule has 0 aromatic rings. The summed E-state index contributed by atoms with van der Waals surface area (Å²) in [5, 5.41) is 0. The van der Waals surface area contributed by atoms with Gasteiger partial charge in [-0.15, -0.1) is 0 Å². The molecule has 0 rings (SSSR count). The molecule has 0 bridgehead atoms. The minimum absolute atomic E-state index is 0.0377. The molecule has 2 unspecified atom stereocenters. The number of carbonyl (C=O) groups is 6. The van der Waals surface area contributed by atoms with Crippen molar-refractivity contribution in [3.05, 3.63) is 25.3 Å². The molecule has 0 fully saturated rings. The van der Waals surface area contributed by atoms with Crippen molar-refractivity contribution in [2.24, 2.45) is 11.3 Å². The van der Waals surface area contributed by atoms with Crippen molar-refractivity contribution in [1.29, 1.82) is 0 Å². The van der Waals surface area contributed by atoms with E-state index in [1.807, 2.05) is 34.6 Å². The quantitative estimate of drug-likeness (QED) is 0.0692. The number of ketones is 3. The van der Waals surface area contributed by atoms with Crippen LogP contribution in [0.15, 0.2) is 25.3 Å². The molecule has 0 aromatic heterocycles. The zero-order valence-electron chi connectivity index (χ0n) is 34.0. The van der Waals surface area contributed by atoms with E-state index in [0.717, 1.165) is 6.42 Å². The molecule has 0 aliphatic heterocycles. The molecule has 50 heavy (non-hydrogen) atoms. The Morgan fingerprint density at radius 1 is 0.780 bits per heavy atom. The molecular weight excluding hydrogens is 644 g/mol. The van der Waals surface area contributed by atoms with Gasteiger partial charge in [0.2, 0.25) is 0 Å². The second kappa shape index (κ2) is 27.5. The average molecular weight is 715 g/mol. The maximum absolute atomic E-state index is 11.8. The van der Waals surface area contributed by atoms with Crippen molar-refractivity contribution in [2.45, 2.75) is 152 Å². The maximum Gasteiger partial charge on any atom is 0.309 e. The Balaban J connectivity index is -0.000000334. The van der Waals surface area contributed by atoms with Gasteiger partial charge in [0.05, 0.1) is 26.2 Å². The summed E-state index contributed by atoms with van der Waals surface area (Å²) >= 11 is 0. The van der Waals surface area contributed by atoms with Gasteiger partial charge in [0.1, 0.15) is 23.4 Å². The highest BCUT2D eigenvalue weighted by molar-refractivity contribution is 5.96. The third kappa shape index (κ3) is 28.6. The molecular formula is C39H70O11. The Hall–Kier alpha value is -3.18. The molecule has 0 aromatic carbocycles. The van der Waals surface area contributed by atoms with E-state index in [0.29, 0.717) is 25.9 Å². The minimum atomic E-state index is -0.942. The number of rotatable bonds is 20. The van der Waals surface area contributed by atoms with Crippen LogP contribution in [0.3, 0.4) is 0 Å². The molecule has 0 heterocycles. The lowest BCUT2D eigenvalue weighted by molar-refractivity contribution is -0.160. The van der Waals surface area contributed by atoms with Crippen molar-refractivity contribution >= 4 is 35.3 Å². The van der Waals surface area contributed by atoms with Crippen LogP contribution in [0.2, 0.25) is 0 Å². The predicted molar refractivity (Wildman–Crippen MR) is 198 cm³/mol. The van der Waals surface area contributed by atoms with Gasteiger partial charge in [-0.2, -0.15) is 0 Å². The number of methoxy groups -OCH3 is 1. The van der Waals surface area contributed by atoms with E-state index >= 15 is 0 Å². The van der Waals surface area contributed by atoms with Crippen LogP contribution >= 0.6 is 0 Å². The van der Waals surface area contributed by atoms with E-state index < -0.39 is 16.8 Å². The first kappa shape index (κ1) is 53.6. The molecule has 0 amide bonds. The lowest BCUT2D eigenvalue weighted by atomic mass is 9.94. The van der Waals surface area contributed by atoms with Crippen molar-refractivity contribution < 1.29 is 52.5 Å². The van der Waals surface area contributed by atoms with E-state index in [4.69, 9.17) is 14.2 Å². The number of carbonyl (C=O) groups excluding carboxylic acids is 6. The smallest absolute Gasteiger partial charge is 0.309 e. The molecule has 292 valence electrons. The summed E-state index contributed by atoms with van der Waals surface area (Å²) in [6.45, 7) is 33.7. The summed E-state index contributed by atoms with van der Waals surface area (Å²) in [5.41, 5.74) is -2.27. The molecule has 0 N–H and O–H groups in total. The van der Waals surface area contributed by atoms with Gasteiger partial charge < -0.3 is 23.7 Å². The highest BCUT2D eigenvalue weighted by Crippen LogP contribution is 2.23. The third-order valence-electron chi connectivity index (χ3n) is 6.96. The fourth-order valence-corrected chi connectivity index (χ4v) is 3.18. The fourth-order valence-electron chi connectivity index (χ4n) is 3.18. The lowest BCUT2D eigenvalue weighted by Crippen LogP contribution is -2.39. The van der Waals surface area contributed by atoms with Gasteiger partial charge in [0.25, 0.3) is 0 Å². The topological polar surface area (TPSA) is 149 Å². The Morgan fingerprint density at radius 2 is 1.28 bits per heavy atom. The van der Waals surface area contributed by atoms with Crippen LogP contribution in [0, 0.1) is 11.3 Å². The first-order chi connectivity index (χ1) is 22.9. The predicted octanol–water partition coefficient (Wildman–Crippen LogP) is 7.76. The number of hydrogen-bond donors (Lipinski definition) is 0. The third-order valence-corrected chi connectivity index (χ3v) is 6.96. The minimum Gasteiger partial charge on any atom is -0.469 e. The van der Waals surface area contributed by atoms with Crippen LogP contribution in [0.1, 0.15) is 135 Å². The molecule has 0 radical (unpaired) electrons. The van der Waals surface area contributed by atoms with E-state index in [9.17, 15) is 28.8 Å². The molecule has 0 aliphatic carbocycles. The Labute approximate surface area is 303 Å². The molecule has 11 heteroatoms. The zero-order valence-corrected chi connectivity index (χ0v) is 34.0. The normalized spacial score (nSPS) is 12.7. The van der Waals surface area contributed by atoms with Crippen LogP contribution in [-0.4, -0.2) is 79.0 Å². The second-order valence-corrected chi connectivity index (χ2v) is 14.0. The van der Waals surface area contributed by atoms with Crippen molar-refractivity contribution in [3.8, 4) is 0 Å². The summed E-state index contributed by atoms with van der Waals surface area (Å²) in [6.07, 6.45) is 5.17. The molecule has 2 atom stereocenters. The fraction of sp³-hybridized carbons (Fsp3) is 0.744. The van der Waals surface area contributed by atoms with Crippen molar-refractivity contribution in [1.82, 2.24) is 0 Å². The highest BCUT2D eigenvalue weighted by atomic mass is 16.6. The van der Waals surface area contributed by atoms with Gasteiger partial charge in [-0.05, 0) is 78.4 Å². The van der Waals surface area contributed by atoms with Crippen LogP contribution in [0.25, 0.3) is 0 Å². The second-order valence-electron chi connectivity index (χ2n) is 14.0.